The van der Waals surface area contributed by atoms with E-state index in [9.17, 15) is 4.79 Å². The normalized spacial score (nSPS) is 27.9. The van der Waals surface area contributed by atoms with Crippen LogP contribution in [0, 0.1) is 11.8 Å². The molecule has 1 N–H and O–H groups in total. The standard InChI is InChI=1S/C17H32N2O2/c1-3-6-15-9-16(18-10-14-7-4-5-8-14)12-19(11-15)13-17(20)21-2/h14-16,18H,3-13H2,1-2H3. The van der Waals surface area contributed by atoms with Crippen molar-refractivity contribution in [2.45, 2.75) is 57.9 Å². The Bertz CT molecular complexity index is 316. The number of esters is 1. The number of nitrogens with zero attached hydrogens (tertiary/aromatic N) is 1. The maximum Gasteiger partial charge on any atom is 0.319 e. The number of methoxy groups -OCH3 is 1. The van der Waals surface area contributed by atoms with Crippen LogP contribution in [0.25, 0.3) is 0 Å². The fourth-order valence-corrected chi connectivity index (χ4v) is 3.99. The predicted octanol–water partition coefficient (Wildman–Crippen LogP) is 2.43. The molecule has 0 bridgehead atoms. The molecule has 2 unspecified atom stereocenters. The van der Waals surface area contributed by atoms with Crippen molar-refractivity contribution in [3.8, 4) is 0 Å². The smallest absolute Gasteiger partial charge is 0.319 e. The van der Waals surface area contributed by atoms with E-state index in [1.807, 2.05) is 0 Å². The van der Waals surface area contributed by atoms with Crippen LogP contribution in [0.1, 0.15) is 51.9 Å². The van der Waals surface area contributed by atoms with Gasteiger partial charge in [0, 0.05) is 19.1 Å². The SMILES string of the molecule is CCCC1CC(NCC2CCCC2)CN(CC(=O)OC)C1. The molecule has 2 atom stereocenters. The summed E-state index contributed by atoms with van der Waals surface area (Å²) in [5, 5.41) is 3.78. The fraction of sp³-hybridized carbons (Fsp3) is 0.941. The summed E-state index contributed by atoms with van der Waals surface area (Å²) < 4.78 is 4.82. The van der Waals surface area contributed by atoms with Gasteiger partial charge >= 0.3 is 5.97 Å². The molecule has 2 fully saturated rings. The van der Waals surface area contributed by atoms with Crippen molar-refractivity contribution in [2.75, 3.05) is 33.3 Å². The van der Waals surface area contributed by atoms with Crippen molar-refractivity contribution in [1.29, 1.82) is 0 Å². The van der Waals surface area contributed by atoms with Crippen molar-refractivity contribution in [3.05, 3.63) is 0 Å². The summed E-state index contributed by atoms with van der Waals surface area (Å²) in [4.78, 5) is 13.8. The monoisotopic (exact) mass is 296 g/mol. The van der Waals surface area contributed by atoms with Gasteiger partial charge in [0.15, 0.2) is 0 Å². The molecule has 1 saturated heterocycles. The number of hydrogen-bond acceptors (Lipinski definition) is 4. The lowest BCUT2D eigenvalue weighted by Crippen LogP contribution is -2.51. The van der Waals surface area contributed by atoms with E-state index in [2.05, 4.69) is 17.1 Å². The highest BCUT2D eigenvalue weighted by atomic mass is 16.5. The first kappa shape index (κ1) is 16.8. The number of likely N-dealkylation sites (tertiary alicyclic amines) is 1. The van der Waals surface area contributed by atoms with Gasteiger partial charge in [-0.2, -0.15) is 0 Å². The van der Waals surface area contributed by atoms with Crippen LogP contribution < -0.4 is 5.32 Å². The zero-order valence-corrected chi connectivity index (χ0v) is 13.8. The van der Waals surface area contributed by atoms with Crippen molar-refractivity contribution in [2.24, 2.45) is 11.8 Å². The zero-order valence-electron chi connectivity index (χ0n) is 13.8. The summed E-state index contributed by atoms with van der Waals surface area (Å²) in [6.07, 6.45) is 9.35. The third-order valence-electron chi connectivity index (χ3n) is 5.06. The van der Waals surface area contributed by atoms with E-state index >= 15 is 0 Å². The summed E-state index contributed by atoms with van der Waals surface area (Å²) in [6, 6.07) is 0.542. The Morgan fingerprint density at radius 3 is 2.67 bits per heavy atom. The molecule has 122 valence electrons. The largest absolute Gasteiger partial charge is 0.468 e. The number of carbonyl (C=O) groups excluding carboxylic acids is 1. The van der Waals surface area contributed by atoms with Gasteiger partial charge in [0.25, 0.3) is 0 Å². The Labute approximate surface area is 129 Å². The molecule has 0 aromatic carbocycles. The van der Waals surface area contributed by atoms with Crippen molar-refractivity contribution in [3.63, 3.8) is 0 Å². The molecular formula is C17H32N2O2. The lowest BCUT2D eigenvalue weighted by atomic mass is 9.90. The molecule has 1 aliphatic carbocycles. The van der Waals surface area contributed by atoms with Crippen LogP contribution in [-0.2, 0) is 9.53 Å². The van der Waals surface area contributed by atoms with Crippen LogP contribution in [0.4, 0.5) is 0 Å². The van der Waals surface area contributed by atoms with Crippen LogP contribution in [0.5, 0.6) is 0 Å². The van der Waals surface area contributed by atoms with E-state index in [0.29, 0.717) is 12.6 Å². The van der Waals surface area contributed by atoms with E-state index in [4.69, 9.17) is 4.74 Å². The predicted molar refractivity (Wildman–Crippen MR) is 85.2 cm³/mol. The second kappa shape index (κ2) is 8.74. The Hall–Kier alpha value is -0.610. The highest BCUT2D eigenvalue weighted by molar-refractivity contribution is 5.71. The van der Waals surface area contributed by atoms with Gasteiger partial charge in [-0.1, -0.05) is 26.2 Å². The maximum atomic E-state index is 11.5. The molecule has 2 rings (SSSR count). The first-order chi connectivity index (χ1) is 10.2. The summed E-state index contributed by atoms with van der Waals surface area (Å²) in [5.74, 6) is 1.49. The van der Waals surface area contributed by atoms with Crippen LogP contribution in [-0.4, -0.2) is 50.2 Å². The maximum absolute atomic E-state index is 11.5. The molecule has 0 aromatic rings. The molecule has 1 saturated carbocycles. The highest BCUT2D eigenvalue weighted by Gasteiger charge is 2.28. The second-order valence-corrected chi connectivity index (χ2v) is 6.92. The minimum atomic E-state index is -0.110. The van der Waals surface area contributed by atoms with Gasteiger partial charge in [0.05, 0.1) is 13.7 Å². The van der Waals surface area contributed by atoms with Gasteiger partial charge in [-0.3, -0.25) is 9.69 Å². The molecule has 21 heavy (non-hydrogen) atoms. The van der Waals surface area contributed by atoms with Crippen LogP contribution >= 0.6 is 0 Å². The third kappa shape index (κ3) is 5.59. The third-order valence-corrected chi connectivity index (χ3v) is 5.06. The van der Waals surface area contributed by atoms with Crippen LogP contribution in [0.15, 0.2) is 0 Å². The molecule has 2 aliphatic rings. The second-order valence-electron chi connectivity index (χ2n) is 6.92. The molecule has 4 nitrogen and oxygen atoms in total. The Balaban J connectivity index is 1.81. The van der Waals surface area contributed by atoms with Crippen molar-refractivity contribution < 1.29 is 9.53 Å². The minimum Gasteiger partial charge on any atom is -0.468 e. The molecule has 0 aromatic heterocycles. The van der Waals surface area contributed by atoms with Gasteiger partial charge < -0.3 is 10.1 Å². The number of piperidine rings is 1. The van der Waals surface area contributed by atoms with Gasteiger partial charge in [0.2, 0.25) is 0 Å². The van der Waals surface area contributed by atoms with Gasteiger partial charge in [-0.15, -0.1) is 0 Å². The summed E-state index contributed by atoms with van der Waals surface area (Å²) in [5.41, 5.74) is 0. The first-order valence-electron chi connectivity index (χ1n) is 8.73. The topological polar surface area (TPSA) is 41.6 Å². The number of ether oxygens (including phenoxy) is 1. The van der Waals surface area contributed by atoms with Crippen LogP contribution in [0.3, 0.4) is 0 Å². The van der Waals surface area contributed by atoms with Gasteiger partial charge in [-0.05, 0) is 44.1 Å². The quantitative estimate of drug-likeness (QED) is 0.733. The van der Waals surface area contributed by atoms with Crippen LogP contribution in [0.2, 0.25) is 0 Å². The van der Waals surface area contributed by atoms with E-state index in [1.54, 1.807) is 0 Å². The molecular weight excluding hydrogens is 264 g/mol. The molecule has 0 amide bonds. The summed E-state index contributed by atoms with van der Waals surface area (Å²) in [6.45, 7) is 5.89. The van der Waals surface area contributed by atoms with E-state index in [1.165, 1.54) is 52.1 Å². The summed E-state index contributed by atoms with van der Waals surface area (Å²) >= 11 is 0. The molecule has 1 heterocycles. The molecule has 1 aliphatic heterocycles. The minimum absolute atomic E-state index is 0.110. The molecule has 0 spiro atoms. The lowest BCUT2D eigenvalue weighted by Gasteiger charge is -2.38. The average molecular weight is 296 g/mol. The number of carbonyl (C=O) groups is 1. The summed E-state index contributed by atoms with van der Waals surface area (Å²) in [7, 11) is 1.48. The Morgan fingerprint density at radius 1 is 1.24 bits per heavy atom. The van der Waals surface area contributed by atoms with Crippen molar-refractivity contribution in [1.82, 2.24) is 10.2 Å². The number of nitrogens with one attached hydrogen (secondary N) is 1. The van der Waals surface area contributed by atoms with Gasteiger partial charge in [0.1, 0.15) is 0 Å². The Morgan fingerprint density at radius 2 is 2.00 bits per heavy atom. The van der Waals surface area contributed by atoms with Crippen molar-refractivity contribution >= 4 is 5.97 Å². The number of hydrogen-bond donors (Lipinski definition) is 1. The zero-order chi connectivity index (χ0) is 15.1. The van der Waals surface area contributed by atoms with Gasteiger partial charge in [-0.25, -0.2) is 0 Å². The highest BCUT2D eigenvalue weighted by Crippen LogP contribution is 2.25. The Kier molecular flexibility index (Phi) is 6.97. The van der Waals surface area contributed by atoms with E-state index in [-0.39, 0.29) is 5.97 Å². The van der Waals surface area contributed by atoms with E-state index in [0.717, 1.165) is 31.5 Å². The first-order valence-corrected chi connectivity index (χ1v) is 8.73. The van der Waals surface area contributed by atoms with E-state index < -0.39 is 0 Å². The average Bonchev–Trinajstić information content (AvgIpc) is 2.98. The molecule has 0 radical (unpaired) electrons. The lowest BCUT2D eigenvalue weighted by molar-refractivity contribution is -0.142. The fourth-order valence-electron chi connectivity index (χ4n) is 3.99. The molecule has 4 heteroatoms. The number of rotatable bonds is 7.